The van der Waals surface area contributed by atoms with Crippen molar-refractivity contribution in [3.8, 4) is 11.3 Å². The van der Waals surface area contributed by atoms with Crippen molar-refractivity contribution in [1.82, 2.24) is 15.0 Å². The Hall–Kier alpha value is -5.30. The highest BCUT2D eigenvalue weighted by molar-refractivity contribution is 5.80. The average Bonchev–Trinajstić information content (AvgIpc) is 3.60. The summed E-state index contributed by atoms with van der Waals surface area (Å²) in [5, 5.41) is 18.3. The smallest absolute Gasteiger partial charge is 0.331 e. The number of halogens is 3. The molecule has 0 unspecified atom stereocenters. The standard InChI is InChI=1S/C37H32F3N3O6/c38-28-16-27(17-29(39)34(28)40)30-19-43(42-41-30)35-36(47-21-25-12-6-2-7-13-25)31(18-33(44)45)49-32(23-46-20-24-10-4-1-5-11-24)37(35)48-22-26-14-8-3-9-15-26/h1-19,32,35-37H,20-23H2,(H,44,45)/t32-,35-,36+,37+/m1/s1. The van der Waals surface area contributed by atoms with Crippen molar-refractivity contribution in [3.63, 3.8) is 0 Å². The number of hydrogen-bond donors (Lipinski definition) is 1. The Balaban J connectivity index is 1.40. The van der Waals surface area contributed by atoms with Crippen LogP contribution in [0.5, 0.6) is 0 Å². The second kappa shape index (κ2) is 15.7. The molecule has 1 aliphatic rings. The summed E-state index contributed by atoms with van der Waals surface area (Å²) < 4.78 is 68.9. The van der Waals surface area contributed by atoms with Crippen molar-refractivity contribution in [2.24, 2.45) is 0 Å². The molecule has 4 atom stereocenters. The summed E-state index contributed by atoms with van der Waals surface area (Å²) >= 11 is 0. The van der Waals surface area contributed by atoms with Crippen LogP contribution in [0, 0.1) is 17.5 Å². The number of benzene rings is 4. The fourth-order valence-corrected chi connectivity index (χ4v) is 5.56. The van der Waals surface area contributed by atoms with Crippen LogP contribution in [0.3, 0.4) is 0 Å². The van der Waals surface area contributed by atoms with E-state index in [-0.39, 0.29) is 43.4 Å². The van der Waals surface area contributed by atoms with E-state index < -0.39 is 47.8 Å². The first-order valence-corrected chi connectivity index (χ1v) is 15.5. The molecule has 0 bridgehead atoms. The van der Waals surface area contributed by atoms with Crippen molar-refractivity contribution in [3.05, 3.63) is 155 Å². The Morgan fingerprint density at radius 3 is 1.94 bits per heavy atom. The third-order valence-corrected chi connectivity index (χ3v) is 7.89. The number of ether oxygens (including phenoxy) is 4. The number of carboxylic acid groups (broad SMARTS) is 1. The lowest BCUT2D eigenvalue weighted by atomic mass is 9.94. The molecule has 1 aromatic heterocycles. The first kappa shape index (κ1) is 33.6. The van der Waals surface area contributed by atoms with Gasteiger partial charge in [0, 0.05) is 5.56 Å². The molecule has 1 saturated heterocycles. The predicted molar refractivity (Wildman–Crippen MR) is 171 cm³/mol. The molecule has 5 aromatic rings. The monoisotopic (exact) mass is 671 g/mol. The Morgan fingerprint density at radius 2 is 1.37 bits per heavy atom. The van der Waals surface area contributed by atoms with Crippen LogP contribution >= 0.6 is 0 Å². The van der Waals surface area contributed by atoms with Crippen molar-refractivity contribution in [2.45, 2.75) is 44.2 Å². The van der Waals surface area contributed by atoms with Crippen molar-refractivity contribution in [1.29, 1.82) is 0 Å². The van der Waals surface area contributed by atoms with Crippen LogP contribution in [-0.2, 0) is 43.6 Å². The molecule has 0 radical (unpaired) electrons. The summed E-state index contributed by atoms with van der Waals surface area (Å²) in [5.74, 6) is -5.66. The zero-order valence-electron chi connectivity index (χ0n) is 26.1. The number of carboxylic acids is 1. The Labute approximate surface area is 280 Å². The molecule has 12 heteroatoms. The minimum atomic E-state index is -1.61. The lowest BCUT2D eigenvalue weighted by Gasteiger charge is -2.43. The molecular formula is C37H32F3N3O6. The van der Waals surface area contributed by atoms with Crippen molar-refractivity contribution >= 4 is 5.97 Å². The van der Waals surface area contributed by atoms with Crippen LogP contribution in [0.1, 0.15) is 22.7 Å². The van der Waals surface area contributed by atoms with Gasteiger partial charge in [-0.15, -0.1) is 5.10 Å². The zero-order valence-corrected chi connectivity index (χ0v) is 26.1. The van der Waals surface area contributed by atoms with Gasteiger partial charge in [0.2, 0.25) is 0 Å². The molecule has 0 amide bonds. The molecular weight excluding hydrogens is 639 g/mol. The maximum Gasteiger partial charge on any atom is 0.331 e. The van der Waals surface area contributed by atoms with E-state index in [9.17, 15) is 23.1 Å². The fraction of sp³-hybridized carbons (Fsp3) is 0.216. The number of nitrogens with zero attached hydrogens (tertiary/aromatic N) is 3. The number of aliphatic carboxylic acids is 1. The van der Waals surface area contributed by atoms with Gasteiger partial charge in [0.25, 0.3) is 0 Å². The topological polar surface area (TPSA) is 105 Å². The van der Waals surface area contributed by atoms with Crippen molar-refractivity contribution < 1.29 is 42.0 Å². The minimum absolute atomic E-state index is 0.0108. The number of aromatic nitrogens is 3. The third kappa shape index (κ3) is 8.41. The molecule has 252 valence electrons. The quantitative estimate of drug-likeness (QED) is 0.110. The van der Waals surface area contributed by atoms with Gasteiger partial charge in [-0.05, 0) is 28.8 Å². The predicted octanol–water partition coefficient (Wildman–Crippen LogP) is 6.66. The highest BCUT2D eigenvalue weighted by atomic mass is 19.2. The summed E-state index contributed by atoms with van der Waals surface area (Å²) in [5.41, 5.74) is 2.57. The van der Waals surface area contributed by atoms with E-state index in [4.69, 9.17) is 18.9 Å². The molecule has 2 heterocycles. The van der Waals surface area contributed by atoms with Gasteiger partial charge in [-0.2, -0.15) is 0 Å². The van der Waals surface area contributed by atoms with Gasteiger partial charge in [0.15, 0.2) is 17.5 Å². The van der Waals surface area contributed by atoms with Gasteiger partial charge >= 0.3 is 5.97 Å². The molecule has 4 aromatic carbocycles. The Morgan fingerprint density at radius 1 is 0.816 bits per heavy atom. The second-order valence-electron chi connectivity index (χ2n) is 11.3. The molecule has 0 saturated carbocycles. The maximum atomic E-state index is 14.2. The molecule has 1 N–H and O–H groups in total. The maximum absolute atomic E-state index is 14.2. The summed E-state index contributed by atoms with van der Waals surface area (Å²) in [6.07, 6.45) is -0.492. The van der Waals surface area contributed by atoms with E-state index >= 15 is 0 Å². The fourth-order valence-electron chi connectivity index (χ4n) is 5.56. The van der Waals surface area contributed by atoms with Crippen LogP contribution in [0.25, 0.3) is 11.3 Å². The van der Waals surface area contributed by atoms with E-state index in [1.807, 2.05) is 91.0 Å². The summed E-state index contributed by atoms with van der Waals surface area (Å²) in [6.45, 7) is 0.444. The first-order chi connectivity index (χ1) is 23.9. The van der Waals surface area contributed by atoms with Gasteiger partial charge in [0.1, 0.15) is 35.8 Å². The molecule has 0 spiro atoms. The summed E-state index contributed by atoms with van der Waals surface area (Å²) in [6, 6.07) is 28.9. The van der Waals surface area contributed by atoms with Gasteiger partial charge in [-0.3, -0.25) is 0 Å². The van der Waals surface area contributed by atoms with Crippen LogP contribution in [0.2, 0.25) is 0 Å². The van der Waals surface area contributed by atoms with E-state index in [2.05, 4.69) is 10.3 Å². The first-order valence-electron chi connectivity index (χ1n) is 15.5. The van der Waals surface area contributed by atoms with Crippen LogP contribution in [0.15, 0.2) is 121 Å². The number of rotatable bonds is 13. The van der Waals surface area contributed by atoms with E-state index in [1.54, 1.807) is 0 Å². The van der Waals surface area contributed by atoms with Gasteiger partial charge in [-0.1, -0.05) is 96.2 Å². The van der Waals surface area contributed by atoms with Crippen molar-refractivity contribution in [2.75, 3.05) is 6.61 Å². The molecule has 1 fully saturated rings. The van der Waals surface area contributed by atoms with E-state index in [0.717, 1.165) is 34.9 Å². The molecule has 0 aliphatic carbocycles. The largest absolute Gasteiger partial charge is 0.486 e. The van der Waals surface area contributed by atoms with E-state index in [0.29, 0.717) is 0 Å². The third-order valence-electron chi connectivity index (χ3n) is 7.89. The van der Waals surface area contributed by atoms with Gasteiger partial charge in [0.05, 0.1) is 38.7 Å². The van der Waals surface area contributed by atoms with Crippen LogP contribution in [0.4, 0.5) is 13.2 Å². The summed E-state index contributed by atoms with van der Waals surface area (Å²) in [4.78, 5) is 12.1. The summed E-state index contributed by atoms with van der Waals surface area (Å²) in [7, 11) is 0. The average molecular weight is 672 g/mol. The zero-order chi connectivity index (χ0) is 34.2. The van der Waals surface area contributed by atoms with Gasteiger partial charge < -0.3 is 24.1 Å². The molecule has 6 rings (SSSR count). The van der Waals surface area contributed by atoms with Crippen LogP contribution in [-0.4, -0.2) is 51.0 Å². The molecule has 49 heavy (non-hydrogen) atoms. The highest BCUT2D eigenvalue weighted by Crippen LogP contribution is 2.38. The SMILES string of the molecule is O=C(O)C=C1O[C@H](COCc2ccccc2)[C@H](OCc2ccccc2)[C@H](n2cc(-c3cc(F)c(F)c(F)c3)nn2)[C@H]1OCc1ccccc1. The van der Waals surface area contributed by atoms with Gasteiger partial charge in [-0.25, -0.2) is 22.6 Å². The molecule has 9 nitrogen and oxygen atoms in total. The Kier molecular flexibility index (Phi) is 10.8. The highest BCUT2D eigenvalue weighted by Gasteiger charge is 2.48. The lowest BCUT2D eigenvalue weighted by molar-refractivity contribution is -0.180. The normalized spacial score (nSPS) is 19.9. The lowest BCUT2D eigenvalue weighted by Crippen LogP contribution is -2.53. The number of hydrogen-bond acceptors (Lipinski definition) is 7. The van der Waals surface area contributed by atoms with Crippen LogP contribution < -0.4 is 0 Å². The van der Waals surface area contributed by atoms with E-state index in [1.165, 1.54) is 10.9 Å². The second-order valence-corrected chi connectivity index (χ2v) is 11.3. The Bertz CT molecular complexity index is 1850. The minimum Gasteiger partial charge on any atom is -0.486 e. The molecule has 1 aliphatic heterocycles. The number of carbonyl (C=O) groups is 1.